The second-order valence-corrected chi connectivity index (χ2v) is 8.36. The van der Waals surface area contributed by atoms with Gasteiger partial charge in [-0.25, -0.2) is 0 Å². The maximum atomic E-state index is 13.4. The summed E-state index contributed by atoms with van der Waals surface area (Å²) in [5.74, 6) is 0.958. The molecule has 0 aliphatic carbocycles. The molecule has 1 fully saturated rings. The van der Waals surface area contributed by atoms with Gasteiger partial charge in [0, 0.05) is 61.6 Å². The molecule has 0 atom stereocenters. The van der Waals surface area contributed by atoms with E-state index >= 15 is 0 Å². The van der Waals surface area contributed by atoms with E-state index in [2.05, 4.69) is 23.4 Å². The standard InChI is InChI=1S/C26H32N4O4/c1-5-7-10-30-17-21(18-8-9-27-24(18)26(30)32)19-15-23(34-4)20(16-22(19)33-3)25(31)29-13-11-28(6-2)12-14-29/h5,8-9,15-17,27H,1,6-7,10-14H2,2-4H3. The highest BCUT2D eigenvalue weighted by Crippen LogP contribution is 2.39. The fourth-order valence-corrected chi connectivity index (χ4v) is 4.52. The van der Waals surface area contributed by atoms with Gasteiger partial charge in [0.15, 0.2) is 0 Å². The molecule has 1 aromatic carbocycles. The van der Waals surface area contributed by atoms with E-state index in [9.17, 15) is 9.59 Å². The first-order valence-corrected chi connectivity index (χ1v) is 11.6. The highest BCUT2D eigenvalue weighted by molar-refractivity contribution is 6.01. The monoisotopic (exact) mass is 464 g/mol. The van der Waals surface area contributed by atoms with E-state index in [1.54, 1.807) is 37.1 Å². The minimum atomic E-state index is -0.0884. The number of H-pyrrole nitrogens is 1. The van der Waals surface area contributed by atoms with Crippen molar-refractivity contribution in [2.45, 2.75) is 19.9 Å². The number of amides is 1. The van der Waals surface area contributed by atoms with Crippen molar-refractivity contribution in [1.29, 1.82) is 0 Å². The van der Waals surface area contributed by atoms with E-state index < -0.39 is 0 Å². The number of hydrogen-bond acceptors (Lipinski definition) is 5. The molecule has 0 unspecified atom stereocenters. The van der Waals surface area contributed by atoms with Gasteiger partial charge in [0.2, 0.25) is 0 Å². The predicted octanol–water partition coefficient (Wildman–Crippen LogP) is 3.37. The molecule has 1 saturated heterocycles. The fraction of sp³-hybridized carbons (Fsp3) is 0.385. The maximum Gasteiger partial charge on any atom is 0.274 e. The van der Waals surface area contributed by atoms with Crippen molar-refractivity contribution in [1.82, 2.24) is 19.4 Å². The van der Waals surface area contributed by atoms with Crippen molar-refractivity contribution in [2.75, 3.05) is 46.9 Å². The molecule has 1 aliphatic heterocycles. The largest absolute Gasteiger partial charge is 0.496 e. The molecule has 8 nitrogen and oxygen atoms in total. The van der Waals surface area contributed by atoms with E-state index in [4.69, 9.17) is 9.47 Å². The SMILES string of the molecule is C=CCCn1cc(-c2cc(OC)c(C(=O)N3CCN(CC)CC3)cc2OC)c2cc[nH]c2c1=O. The van der Waals surface area contributed by atoms with Crippen LogP contribution in [-0.4, -0.2) is 72.2 Å². The van der Waals surface area contributed by atoms with Gasteiger partial charge in [0.25, 0.3) is 11.5 Å². The van der Waals surface area contributed by atoms with Gasteiger partial charge in [0.05, 0.1) is 19.8 Å². The molecule has 2 aromatic heterocycles. The molecule has 1 N–H and O–H groups in total. The molecule has 180 valence electrons. The zero-order valence-corrected chi connectivity index (χ0v) is 20.1. The molecule has 0 radical (unpaired) electrons. The van der Waals surface area contributed by atoms with E-state index in [-0.39, 0.29) is 11.5 Å². The number of carbonyl (C=O) groups excluding carboxylic acids is 1. The van der Waals surface area contributed by atoms with Gasteiger partial charge in [0.1, 0.15) is 17.0 Å². The summed E-state index contributed by atoms with van der Waals surface area (Å²) >= 11 is 0. The van der Waals surface area contributed by atoms with Crippen LogP contribution in [0.1, 0.15) is 23.7 Å². The Morgan fingerprint density at radius 2 is 1.85 bits per heavy atom. The van der Waals surface area contributed by atoms with Crippen LogP contribution in [0.15, 0.2) is 48.0 Å². The number of piperazine rings is 1. The molecular weight excluding hydrogens is 432 g/mol. The topological polar surface area (TPSA) is 79.8 Å². The molecule has 3 aromatic rings. The maximum absolute atomic E-state index is 13.4. The molecule has 0 saturated carbocycles. The molecule has 1 aliphatic rings. The third-order valence-corrected chi connectivity index (χ3v) is 6.52. The molecule has 1 amide bonds. The zero-order valence-electron chi connectivity index (χ0n) is 20.1. The smallest absolute Gasteiger partial charge is 0.274 e. The Morgan fingerprint density at radius 3 is 2.50 bits per heavy atom. The highest BCUT2D eigenvalue weighted by atomic mass is 16.5. The normalized spacial score (nSPS) is 14.4. The first-order chi connectivity index (χ1) is 16.5. The van der Waals surface area contributed by atoms with E-state index in [1.165, 1.54) is 0 Å². The molecule has 3 heterocycles. The first kappa shape index (κ1) is 23.6. The lowest BCUT2D eigenvalue weighted by molar-refractivity contribution is 0.0640. The number of aryl methyl sites for hydroxylation is 1. The number of fused-ring (bicyclic) bond motifs is 1. The number of hydrogen-bond donors (Lipinski definition) is 1. The summed E-state index contributed by atoms with van der Waals surface area (Å²) in [4.78, 5) is 33.6. The van der Waals surface area contributed by atoms with Gasteiger partial charge >= 0.3 is 0 Å². The summed E-state index contributed by atoms with van der Waals surface area (Å²) in [7, 11) is 3.15. The minimum Gasteiger partial charge on any atom is -0.496 e. The van der Waals surface area contributed by atoms with Crippen LogP contribution >= 0.6 is 0 Å². The second kappa shape index (κ2) is 10.2. The number of likely N-dealkylation sites (N-methyl/N-ethyl adjacent to an activating group) is 1. The fourth-order valence-electron chi connectivity index (χ4n) is 4.52. The summed E-state index contributed by atoms with van der Waals surface area (Å²) in [5.41, 5.74) is 2.48. The summed E-state index contributed by atoms with van der Waals surface area (Å²) in [6.45, 7) is 10.5. The van der Waals surface area contributed by atoms with Crippen LogP contribution in [0.2, 0.25) is 0 Å². The number of ether oxygens (including phenoxy) is 2. The molecule has 34 heavy (non-hydrogen) atoms. The molecule has 0 bridgehead atoms. The average Bonchev–Trinajstić information content (AvgIpc) is 3.38. The van der Waals surface area contributed by atoms with E-state index in [0.717, 1.165) is 36.1 Å². The van der Waals surface area contributed by atoms with Gasteiger partial charge in [-0.05, 0) is 31.2 Å². The number of nitrogens with one attached hydrogen (secondary N) is 1. The number of allylic oxidation sites excluding steroid dienone is 1. The van der Waals surface area contributed by atoms with Gasteiger partial charge in [-0.15, -0.1) is 6.58 Å². The van der Waals surface area contributed by atoms with Crippen LogP contribution in [0, 0.1) is 0 Å². The van der Waals surface area contributed by atoms with Gasteiger partial charge < -0.3 is 28.8 Å². The lowest BCUT2D eigenvalue weighted by atomic mass is 9.99. The number of rotatable bonds is 8. The van der Waals surface area contributed by atoms with Crippen molar-refractivity contribution in [3.63, 3.8) is 0 Å². The summed E-state index contributed by atoms with van der Waals surface area (Å²) in [6, 6.07) is 5.46. The average molecular weight is 465 g/mol. The van der Waals surface area contributed by atoms with E-state index in [0.29, 0.717) is 48.6 Å². The molecule has 4 rings (SSSR count). The quantitative estimate of drug-likeness (QED) is 0.517. The Balaban J connectivity index is 1.80. The highest BCUT2D eigenvalue weighted by Gasteiger charge is 2.26. The van der Waals surface area contributed by atoms with Gasteiger partial charge in [-0.1, -0.05) is 13.0 Å². The Labute approximate surface area is 199 Å². The number of carbonyl (C=O) groups is 1. The number of benzene rings is 1. The van der Waals surface area contributed by atoms with Crippen LogP contribution < -0.4 is 15.0 Å². The van der Waals surface area contributed by atoms with Crippen molar-refractivity contribution >= 4 is 16.8 Å². The Bertz CT molecular complexity index is 1250. The van der Waals surface area contributed by atoms with Gasteiger partial charge in [-0.3, -0.25) is 9.59 Å². The lowest BCUT2D eigenvalue weighted by Crippen LogP contribution is -2.48. The van der Waals surface area contributed by atoms with Crippen LogP contribution in [-0.2, 0) is 6.54 Å². The predicted molar refractivity (Wildman–Crippen MR) is 134 cm³/mol. The van der Waals surface area contributed by atoms with Crippen molar-refractivity contribution in [3.8, 4) is 22.6 Å². The number of nitrogens with zero attached hydrogens (tertiary/aromatic N) is 3. The van der Waals surface area contributed by atoms with E-state index in [1.807, 2.05) is 23.2 Å². The zero-order chi connectivity index (χ0) is 24.2. The second-order valence-electron chi connectivity index (χ2n) is 8.36. The molecular formula is C26H32N4O4. The van der Waals surface area contributed by atoms with Crippen LogP contribution in [0.3, 0.4) is 0 Å². The number of methoxy groups -OCH3 is 2. The summed E-state index contributed by atoms with van der Waals surface area (Å²) < 4.78 is 13.1. The Hall–Kier alpha value is -3.52. The summed E-state index contributed by atoms with van der Waals surface area (Å²) in [5, 5.41) is 0.787. The molecule has 0 spiro atoms. The lowest BCUT2D eigenvalue weighted by Gasteiger charge is -2.34. The number of pyridine rings is 1. The third-order valence-electron chi connectivity index (χ3n) is 6.52. The Morgan fingerprint density at radius 1 is 1.12 bits per heavy atom. The van der Waals surface area contributed by atoms with Crippen LogP contribution in [0.25, 0.3) is 22.0 Å². The number of aromatic nitrogens is 2. The minimum absolute atomic E-state index is 0.0693. The van der Waals surface area contributed by atoms with Crippen molar-refractivity contribution < 1.29 is 14.3 Å². The number of aromatic amines is 1. The van der Waals surface area contributed by atoms with Crippen LogP contribution in [0.5, 0.6) is 11.5 Å². The molecule has 8 heteroatoms. The van der Waals surface area contributed by atoms with Crippen molar-refractivity contribution in [2.24, 2.45) is 0 Å². The third kappa shape index (κ3) is 4.33. The first-order valence-electron chi connectivity index (χ1n) is 11.6. The Kier molecular flexibility index (Phi) is 7.07. The van der Waals surface area contributed by atoms with Crippen LogP contribution in [0.4, 0.5) is 0 Å². The van der Waals surface area contributed by atoms with Gasteiger partial charge in [-0.2, -0.15) is 0 Å². The summed E-state index contributed by atoms with van der Waals surface area (Å²) in [6.07, 6.45) is 6.05. The van der Waals surface area contributed by atoms with Crippen molar-refractivity contribution in [3.05, 3.63) is 59.2 Å².